The van der Waals surface area contributed by atoms with Crippen LogP contribution >= 0.6 is 7.26 Å². The summed E-state index contributed by atoms with van der Waals surface area (Å²) in [5, 5.41) is 0. The Bertz CT molecular complexity index is 697. The van der Waals surface area contributed by atoms with Crippen LogP contribution in [0.5, 0.6) is 0 Å². The van der Waals surface area contributed by atoms with Gasteiger partial charge in [0.15, 0.2) is 0 Å². The Kier molecular flexibility index (Phi) is 12.7. The minimum atomic E-state index is -2.17. The van der Waals surface area contributed by atoms with Crippen LogP contribution in [0.3, 0.4) is 0 Å². The molecular formula is C27H38F5PPd. The van der Waals surface area contributed by atoms with Crippen molar-refractivity contribution < 1.29 is 42.4 Å². The number of halogens is 5. The molecule has 0 amide bonds. The molecule has 0 aromatic heterocycles. The first-order valence-electron chi connectivity index (χ1n) is 12.8. The molecule has 0 radical (unpaired) electrons. The van der Waals surface area contributed by atoms with E-state index >= 15 is 0 Å². The second kappa shape index (κ2) is 14.4. The van der Waals surface area contributed by atoms with Crippen molar-refractivity contribution in [3.05, 3.63) is 47.8 Å². The maximum atomic E-state index is 12.0. The van der Waals surface area contributed by atoms with E-state index in [1.54, 1.807) is 38.5 Å². The van der Waals surface area contributed by atoms with E-state index in [2.05, 4.69) is 12.7 Å². The molecule has 1 aromatic carbocycles. The fourth-order valence-corrected chi connectivity index (χ4v) is 13.9. The maximum Gasteiger partial charge on any atom is 0.0893 e. The van der Waals surface area contributed by atoms with Crippen LogP contribution in [0.25, 0.3) is 0 Å². The number of hydrogen-bond donors (Lipinski definition) is 0. The first kappa shape index (κ1) is 29.9. The molecule has 4 rings (SSSR count). The van der Waals surface area contributed by atoms with Gasteiger partial charge in [0.25, 0.3) is 0 Å². The topological polar surface area (TPSA) is 0 Å². The van der Waals surface area contributed by atoms with E-state index < -0.39 is 36.3 Å². The Morgan fingerprint density at radius 2 is 0.941 bits per heavy atom. The molecule has 0 atom stereocenters. The predicted molar refractivity (Wildman–Crippen MR) is 128 cm³/mol. The van der Waals surface area contributed by atoms with Crippen molar-refractivity contribution in [3.8, 4) is 0 Å². The zero-order valence-electron chi connectivity index (χ0n) is 20.0. The molecule has 3 fully saturated rings. The van der Waals surface area contributed by atoms with Gasteiger partial charge in [0, 0.05) is 27.7 Å². The number of rotatable bonds is 5. The van der Waals surface area contributed by atoms with Crippen molar-refractivity contribution >= 4 is 7.26 Å². The van der Waals surface area contributed by atoms with Crippen LogP contribution in [-0.2, 0) is 20.4 Å². The molecule has 3 aliphatic rings. The van der Waals surface area contributed by atoms with Crippen molar-refractivity contribution in [2.24, 2.45) is 0 Å². The van der Waals surface area contributed by atoms with Crippen LogP contribution in [0.1, 0.15) is 96.3 Å². The zero-order valence-corrected chi connectivity index (χ0v) is 22.4. The summed E-state index contributed by atoms with van der Waals surface area (Å²) >= 11 is 0. The van der Waals surface area contributed by atoms with Gasteiger partial charge in [-0.3, -0.25) is 8.78 Å². The fourth-order valence-electron chi connectivity index (χ4n) is 6.75. The Balaban J connectivity index is 0.000000289. The van der Waals surface area contributed by atoms with Crippen molar-refractivity contribution in [2.75, 3.05) is 6.16 Å². The normalized spacial score (nSPS) is 20.7. The standard InChI is InChI=1S/C21H38P.C6F5.Pd/c1-2-18-22(19-12-6-3-7-13-19,20-14-8-4-9-15-20)21-16-10-5-11-17-21;7-2-1-3(8)5(10)6(11)4(2)9;/h2,19-21H,1,3-18H2;;/q+1;-1;. The minimum absolute atomic E-state index is 0. The van der Waals surface area contributed by atoms with Crippen LogP contribution in [-0.4, -0.2) is 23.1 Å². The summed E-state index contributed by atoms with van der Waals surface area (Å²) in [6.07, 6.45) is 27.0. The van der Waals surface area contributed by atoms with Crippen molar-refractivity contribution in [2.45, 2.75) is 113 Å². The molecule has 0 N–H and O–H groups in total. The SMILES string of the molecule is C=CC[P+](C1CCCCC1)(C1CCCCC1)C1CCCCC1.Fc1[c-]c(F)c(F)c(F)c1F.[Pd]. The van der Waals surface area contributed by atoms with E-state index in [9.17, 15) is 22.0 Å². The largest absolute Gasteiger partial charge is 0.278 e. The number of allylic oxidation sites excluding steroid dienone is 1. The molecule has 196 valence electrons. The second-order valence-electron chi connectivity index (χ2n) is 10.0. The molecule has 0 saturated heterocycles. The molecule has 34 heavy (non-hydrogen) atoms. The first-order valence-corrected chi connectivity index (χ1v) is 15.0. The smallest absolute Gasteiger partial charge is 0.0893 e. The summed E-state index contributed by atoms with van der Waals surface area (Å²) in [5.41, 5.74) is 3.39. The minimum Gasteiger partial charge on any atom is -0.278 e. The van der Waals surface area contributed by atoms with Gasteiger partial charge in [0.2, 0.25) is 0 Å². The third kappa shape index (κ3) is 6.92. The average Bonchev–Trinajstić information content (AvgIpc) is 2.87. The van der Waals surface area contributed by atoms with Gasteiger partial charge in [0.1, 0.15) is 0 Å². The molecule has 0 aliphatic heterocycles. The molecule has 0 heterocycles. The van der Waals surface area contributed by atoms with Gasteiger partial charge in [-0.05, 0) is 77.0 Å². The van der Waals surface area contributed by atoms with Crippen LogP contribution in [0.4, 0.5) is 22.0 Å². The fraction of sp³-hybridized carbons (Fsp3) is 0.704. The Morgan fingerprint density at radius 1 is 0.618 bits per heavy atom. The van der Waals surface area contributed by atoms with Gasteiger partial charge in [-0.25, -0.2) is 13.2 Å². The Labute approximate surface area is 216 Å². The molecule has 0 unspecified atom stereocenters. The predicted octanol–water partition coefficient (Wildman–Crippen LogP) is 9.37. The third-order valence-corrected chi connectivity index (χ3v) is 14.7. The maximum absolute atomic E-state index is 12.0. The van der Waals surface area contributed by atoms with Crippen LogP contribution in [0.2, 0.25) is 0 Å². The summed E-state index contributed by atoms with van der Waals surface area (Å²) in [6, 6.07) is 1.02. The van der Waals surface area contributed by atoms with E-state index in [4.69, 9.17) is 0 Å². The molecule has 0 spiro atoms. The van der Waals surface area contributed by atoms with Gasteiger partial charge in [-0.1, -0.05) is 31.9 Å². The van der Waals surface area contributed by atoms with E-state index in [-0.39, 0.29) is 20.4 Å². The Morgan fingerprint density at radius 3 is 1.24 bits per heavy atom. The third-order valence-electron chi connectivity index (χ3n) is 8.20. The first-order chi connectivity index (χ1) is 15.9. The van der Waals surface area contributed by atoms with Gasteiger partial charge in [-0.15, -0.1) is 6.07 Å². The van der Waals surface area contributed by atoms with Crippen molar-refractivity contribution in [1.82, 2.24) is 0 Å². The quantitative estimate of drug-likeness (QED) is 0.0606. The van der Waals surface area contributed by atoms with E-state index in [1.807, 2.05) is 0 Å². The molecule has 3 aliphatic carbocycles. The van der Waals surface area contributed by atoms with Crippen molar-refractivity contribution in [1.29, 1.82) is 0 Å². The van der Waals surface area contributed by atoms with E-state index in [1.165, 1.54) is 63.9 Å². The van der Waals surface area contributed by atoms with Gasteiger partial charge in [-0.2, -0.15) is 0 Å². The number of hydrogen-bond acceptors (Lipinski definition) is 0. The summed E-state index contributed by atoms with van der Waals surface area (Å²) in [4.78, 5) is 0. The molecule has 0 nitrogen and oxygen atoms in total. The zero-order chi connectivity index (χ0) is 23.8. The van der Waals surface area contributed by atoms with E-state index in [0.29, 0.717) is 0 Å². The van der Waals surface area contributed by atoms with Gasteiger partial charge < -0.3 is 0 Å². The van der Waals surface area contributed by atoms with Crippen LogP contribution in [0, 0.1) is 35.2 Å². The van der Waals surface area contributed by atoms with Crippen molar-refractivity contribution in [3.63, 3.8) is 0 Å². The molecule has 0 bridgehead atoms. The molecule has 1 aromatic rings. The molecule has 7 heteroatoms. The van der Waals surface area contributed by atoms with Gasteiger partial charge >= 0.3 is 0 Å². The van der Waals surface area contributed by atoms with E-state index in [0.717, 1.165) is 23.0 Å². The van der Waals surface area contributed by atoms with Crippen LogP contribution < -0.4 is 0 Å². The molecular weight excluding hydrogens is 557 g/mol. The monoisotopic (exact) mass is 594 g/mol. The number of benzene rings is 1. The summed E-state index contributed by atoms with van der Waals surface area (Å²) in [6.45, 7) is 4.26. The van der Waals surface area contributed by atoms with Crippen LogP contribution in [0.15, 0.2) is 12.7 Å². The molecule has 3 saturated carbocycles. The second-order valence-corrected chi connectivity index (χ2v) is 14.6. The Hall–Kier alpha value is -0.298. The summed E-state index contributed by atoms with van der Waals surface area (Å²) in [5.74, 6) is -10.0. The average molecular weight is 595 g/mol. The van der Waals surface area contributed by atoms with Gasteiger partial charge in [0.05, 0.1) is 52.2 Å². The summed E-state index contributed by atoms with van der Waals surface area (Å²) < 4.78 is 59.9. The summed E-state index contributed by atoms with van der Waals surface area (Å²) in [7, 11) is -0.840.